The molecule has 2 aliphatic carbocycles. The molecule has 11 nitrogen and oxygen atoms in total. The molecule has 11 heteroatoms. The number of Topliss-reactive ketones (excluding diaryl/α,β-unsaturated/α-hetero) is 1. The van der Waals surface area contributed by atoms with Crippen LogP contribution in [0.4, 0.5) is 0 Å². The van der Waals surface area contributed by atoms with Gasteiger partial charge in [0.15, 0.2) is 11.4 Å². The zero-order valence-electron chi connectivity index (χ0n) is 19.2. The number of carboxylic acids is 1. The van der Waals surface area contributed by atoms with Crippen molar-refractivity contribution >= 4 is 11.8 Å². The molecule has 2 fully saturated rings. The Labute approximate surface area is 187 Å². The van der Waals surface area contributed by atoms with Crippen molar-refractivity contribution in [3.05, 3.63) is 0 Å². The number of hydrogen-bond acceptors (Lipinski definition) is 10. The number of carbonyl (C=O) groups excluding carboxylic acids is 1. The topological polar surface area (TPSA) is 194 Å². The number of aliphatic hydroxyl groups is 6. The molecule has 32 heavy (non-hydrogen) atoms. The summed E-state index contributed by atoms with van der Waals surface area (Å²) in [6.45, 7) is 8.32. The minimum atomic E-state index is -2.03. The summed E-state index contributed by atoms with van der Waals surface area (Å²) in [4.78, 5) is 22.2. The van der Waals surface area contributed by atoms with Crippen molar-refractivity contribution in [3.8, 4) is 0 Å². The number of aliphatic carboxylic acids is 1. The van der Waals surface area contributed by atoms with Crippen LogP contribution in [0.25, 0.3) is 0 Å². The molecule has 188 valence electrons. The van der Waals surface area contributed by atoms with Gasteiger partial charge >= 0.3 is 5.97 Å². The van der Waals surface area contributed by atoms with Gasteiger partial charge in [0, 0.05) is 25.7 Å². The van der Waals surface area contributed by atoms with Crippen LogP contribution in [0.3, 0.4) is 0 Å². The first kappa shape index (κ1) is 28.9. The monoisotopic (exact) mass is 466 g/mol. The molecule has 0 amide bonds. The lowest BCUT2D eigenvalue weighted by Gasteiger charge is -2.41. The van der Waals surface area contributed by atoms with E-state index in [1.165, 1.54) is 6.92 Å². The summed E-state index contributed by atoms with van der Waals surface area (Å²) in [5.74, 6) is -1.81. The predicted octanol–water partition coefficient (Wildman–Crippen LogP) is -1.27. The van der Waals surface area contributed by atoms with Crippen molar-refractivity contribution in [1.82, 2.24) is 0 Å². The van der Waals surface area contributed by atoms with Gasteiger partial charge in [0.1, 0.15) is 17.8 Å². The van der Waals surface area contributed by atoms with Gasteiger partial charge in [-0.05, 0) is 34.6 Å². The Morgan fingerprint density at radius 3 is 1.41 bits per heavy atom. The van der Waals surface area contributed by atoms with E-state index in [1.54, 1.807) is 27.7 Å². The highest BCUT2D eigenvalue weighted by molar-refractivity contribution is 5.84. The Kier molecular flexibility index (Phi) is 10.2. The van der Waals surface area contributed by atoms with Gasteiger partial charge in [0.2, 0.25) is 0 Å². The molecule has 0 bridgehead atoms. The van der Waals surface area contributed by atoms with Crippen LogP contribution in [0.15, 0.2) is 0 Å². The third-order valence-corrected chi connectivity index (χ3v) is 5.67. The van der Waals surface area contributed by atoms with Crippen LogP contribution < -0.4 is 0 Å². The van der Waals surface area contributed by atoms with Crippen LogP contribution in [0.2, 0.25) is 0 Å². The number of rotatable bonds is 6. The van der Waals surface area contributed by atoms with Gasteiger partial charge in [-0.25, -0.2) is 4.79 Å². The third-order valence-electron chi connectivity index (χ3n) is 5.67. The molecule has 2 rings (SSSR count). The van der Waals surface area contributed by atoms with E-state index in [9.17, 15) is 40.2 Å². The van der Waals surface area contributed by atoms with E-state index in [-0.39, 0.29) is 37.9 Å². The number of hydrogen-bond donors (Lipinski definition) is 7. The van der Waals surface area contributed by atoms with Crippen molar-refractivity contribution in [3.63, 3.8) is 0 Å². The van der Waals surface area contributed by atoms with Gasteiger partial charge < -0.3 is 45.2 Å². The van der Waals surface area contributed by atoms with Crippen LogP contribution in [-0.2, 0) is 19.1 Å². The summed E-state index contributed by atoms with van der Waals surface area (Å²) in [6, 6.07) is 0. The normalized spacial score (nSPS) is 40.0. The second-order valence-electron chi connectivity index (χ2n) is 9.30. The van der Waals surface area contributed by atoms with E-state index < -0.39 is 59.6 Å². The van der Waals surface area contributed by atoms with Crippen LogP contribution in [-0.4, -0.2) is 108 Å². The second-order valence-corrected chi connectivity index (χ2v) is 9.30. The Hall–Kier alpha value is -1.18. The van der Waals surface area contributed by atoms with Crippen molar-refractivity contribution < 1.29 is 54.8 Å². The zero-order chi connectivity index (χ0) is 25.0. The van der Waals surface area contributed by atoms with Crippen molar-refractivity contribution in [2.24, 2.45) is 0 Å². The highest BCUT2D eigenvalue weighted by Gasteiger charge is 2.50. The second kappa shape index (κ2) is 11.3. The quantitative estimate of drug-likeness (QED) is 0.246. The van der Waals surface area contributed by atoms with E-state index in [0.717, 1.165) is 0 Å². The number of carboxylic acid groups (broad SMARTS) is 1. The predicted molar refractivity (Wildman–Crippen MR) is 111 cm³/mol. The summed E-state index contributed by atoms with van der Waals surface area (Å²) in [7, 11) is 0. The smallest absolute Gasteiger partial charge is 0.335 e. The van der Waals surface area contributed by atoms with Gasteiger partial charge in [0.05, 0.1) is 36.6 Å². The average molecular weight is 467 g/mol. The first-order chi connectivity index (χ1) is 14.5. The number of aliphatic hydroxyl groups excluding tert-OH is 4. The van der Waals surface area contributed by atoms with Crippen molar-refractivity contribution in [2.45, 2.75) is 120 Å². The highest BCUT2D eigenvalue weighted by atomic mass is 16.5. The molecule has 0 heterocycles. The molecule has 2 aliphatic rings. The molecule has 0 aromatic rings. The van der Waals surface area contributed by atoms with Gasteiger partial charge in [-0.3, -0.25) is 4.79 Å². The fourth-order valence-electron chi connectivity index (χ4n) is 3.92. The first-order valence-electron chi connectivity index (χ1n) is 10.7. The Bertz CT molecular complexity index is 585. The highest BCUT2D eigenvalue weighted by Crippen LogP contribution is 2.33. The molecule has 8 atom stereocenters. The van der Waals surface area contributed by atoms with E-state index in [2.05, 4.69) is 0 Å². The fraction of sp³-hybridized carbons (Fsp3) is 0.905. The molecule has 0 unspecified atom stereocenters. The van der Waals surface area contributed by atoms with Crippen molar-refractivity contribution in [1.29, 1.82) is 0 Å². The first-order valence-corrected chi connectivity index (χ1v) is 10.7. The van der Waals surface area contributed by atoms with Gasteiger partial charge in [-0.2, -0.15) is 0 Å². The van der Waals surface area contributed by atoms with Gasteiger partial charge in [-0.15, -0.1) is 0 Å². The summed E-state index contributed by atoms with van der Waals surface area (Å²) in [5, 5.41) is 67.1. The minimum absolute atomic E-state index is 0.0265. The number of ether oxygens (including phenoxy) is 2. The molecular formula is C21H38O11. The van der Waals surface area contributed by atoms with E-state index in [0.29, 0.717) is 0 Å². The lowest BCUT2D eigenvalue weighted by molar-refractivity contribution is -0.199. The number of ketones is 1. The molecule has 0 aromatic carbocycles. The maximum Gasteiger partial charge on any atom is 0.335 e. The Morgan fingerprint density at radius 1 is 0.750 bits per heavy atom. The average Bonchev–Trinajstić information content (AvgIpc) is 2.63. The lowest BCUT2D eigenvalue weighted by Crippen LogP contribution is -2.57. The van der Waals surface area contributed by atoms with E-state index in [1.807, 2.05) is 0 Å². The lowest BCUT2D eigenvalue weighted by atomic mass is 9.77. The Morgan fingerprint density at radius 2 is 1.09 bits per heavy atom. The van der Waals surface area contributed by atoms with E-state index >= 15 is 0 Å². The van der Waals surface area contributed by atoms with Crippen LogP contribution in [0.1, 0.15) is 60.3 Å². The molecule has 0 aliphatic heterocycles. The molecule has 0 aromatic heterocycles. The van der Waals surface area contributed by atoms with Crippen LogP contribution in [0, 0.1) is 0 Å². The molecule has 0 radical (unpaired) electrons. The maximum atomic E-state index is 11.3. The summed E-state index contributed by atoms with van der Waals surface area (Å²) >= 11 is 0. The van der Waals surface area contributed by atoms with Gasteiger partial charge in [-0.1, -0.05) is 0 Å². The van der Waals surface area contributed by atoms with Crippen molar-refractivity contribution in [2.75, 3.05) is 0 Å². The molecular weight excluding hydrogens is 428 g/mol. The fourth-order valence-corrected chi connectivity index (χ4v) is 3.92. The summed E-state index contributed by atoms with van der Waals surface area (Å²) in [6.07, 6.45) is -7.30. The minimum Gasteiger partial charge on any atom is -0.479 e. The molecule has 0 saturated heterocycles. The number of carbonyl (C=O) groups is 2. The summed E-state index contributed by atoms with van der Waals surface area (Å²) < 4.78 is 10.7. The molecule has 0 spiro atoms. The standard InChI is InChI=1S/C11H20O5.C10H18O6/c1-6(2)16-9-5-11(15,7(3)12)4-8(13)10(9)14;1-5(2)16-7-4-10(15,9(13)14)3-6(11)8(7)12/h6,8-10,13-15H,4-5H2,1-3H3;5-8,11-12,15H,3-4H2,1-2H3,(H,13,14)/t8-,9-,10+,11-;6-,7-,8-,10+/m11/s1. The molecule has 2 saturated carbocycles. The summed E-state index contributed by atoms with van der Waals surface area (Å²) in [5.41, 5.74) is -3.61. The zero-order valence-corrected chi connectivity index (χ0v) is 19.2. The largest absolute Gasteiger partial charge is 0.479 e. The van der Waals surface area contributed by atoms with Crippen LogP contribution >= 0.6 is 0 Å². The Balaban J connectivity index is 0.000000320. The van der Waals surface area contributed by atoms with Gasteiger partial charge in [0.25, 0.3) is 0 Å². The molecule has 7 N–H and O–H groups in total. The van der Waals surface area contributed by atoms with E-state index in [4.69, 9.17) is 14.6 Å². The van der Waals surface area contributed by atoms with Crippen LogP contribution in [0.5, 0.6) is 0 Å². The maximum absolute atomic E-state index is 11.3. The third kappa shape index (κ3) is 7.42. The SMILES string of the molecule is CC(=O)[C@@]1(O)C[C@@H](O)[C@H](O)[C@H](OC(C)C)C1.CC(C)O[C@@H]1C[C@](O)(C(=O)O)C[C@@H](O)[C@H]1O.